The van der Waals surface area contributed by atoms with Gasteiger partial charge in [0, 0.05) is 97.7 Å². The van der Waals surface area contributed by atoms with Crippen molar-refractivity contribution in [1.29, 1.82) is 0 Å². The van der Waals surface area contributed by atoms with Gasteiger partial charge in [-0.3, -0.25) is 43.2 Å². The van der Waals surface area contributed by atoms with Gasteiger partial charge in [0.1, 0.15) is 34.5 Å². The molecule has 802 valence electrons. The lowest BCUT2D eigenvalue weighted by Crippen LogP contribution is -2.48. The van der Waals surface area contributed by atoms with Crippen molar-refractivity contribution in [1.82, 2.24) is 37.2 Å². The first-order valence-corrected chi connectivity index (χ1v) is 51.8. The Balaban J connectivity index is 0.000000308. The quantitative estimate of drug-likeness (QED) is 0.0125. The van der Waals surface area contributed by atoms with E-state index in [4.69, 9.17) is 43.6 Å². The van der Waals surface area contributed by atoms with Gasteiger partial charge in [-0.05, 0) is 241 Å². The Morgan fingerprint density at radius 2 is 0.760 bits per heavy atom. The van der Waals surface area contributed by atoms with Gasteiger partial charge in [0.2, 0.25) is 23.6 Å². The molecule has 31 heteroatoms. The molecule has 0 saturated carbocycles. The number of para-hydroxylation sites is 1. The maximum atomic E-state index is 14.4. The second-order valence-electron chi connectivity index (χ2n) is 42.2. The lowest BCUT2D eigenvalue weighted by atomic mass is 9.91. The van der Waals surface area contributed by atoms with E-state index in [-0.39, 0.29) is 101 Å². The second-order valence-corrected chi connectivity index (χ2v) is 42.2. The van der Waals surface area contributed by atoms with Crippen LogP contribution in [0.5, 0.6) is 34.5 Å². The Labute approximate surface area is 879 Å². The summed E-state index contributed by atoms with van der Waals surface area (Å²) in [7, 11) is 0. The molecule has 2 heterocycles. The molecule has 11 rings (SSSR count). The number of ether oxygens (including phenoxy) is 8. The van der Waals surface area contributed by atoms with Gasteiger partial charge in [0.05, 0.1) is 17.6 Å². The predicted octanol–water partition coefficient (Wildman–Crippen LogP) is 19.6. The number of ketones is 4. The fourth-order valence-corrected chi connectivity index (χ4v) is 16.8. The number of benzene rings is 9. The van der Waals surface area contributed by atoms with Crippen molar-refractivity contribution in [3.05, 3.63) is 262 Å². The molecular weight excluding hydrogens is 1910 g/mol. The van der Waals surface area contributed by atoms with Gasteiger partial charge in [-0.15, -0.1) is 0 Å². The van der Waals surface area contributed by atoms with Crippen LogP contribution in [0.4, 0.5) is 9.59 Å². The van der Waals surface area contributed by atoms with Crippen molar-refractivity contribution in [3.8, 4) is 56.8 Å². The van der Waals surface area contributed by atoms with Crippen LogP contribution in [0.1, 0.15) is 278 Å². The van der Waals surface area contributed by atoms with E-state index >= 15 is 0 Å². The van der Waals surface area contributed by atoms with Gasteiger partial charge in [0.25, 0.3) is 18.5 Å². The average Bonchev–Trinajstić information content (AvgIpc) is 1.71. The average molecular weight is 2060 g/mol. The fraction of sp³-hybridized carbons (Fsp3) is 0.437. The molecule has 11 N–H and O–H groups in total. The molecule has 150 heavy (non-hydrogen) atoms. The van der Waals surface area contributed by atoms with E-state index in [1.807, 2.05) is 139 Å². The highest BCUT2D eigenvalue weighted by molar-refractivity contribution is 6.02. The van der Waals surface area contributed by atoms with Crippen LogP contribution < -0.4 is 71.4 Å². The molecule has 0 aliphatic carbocycles. The van der Waals surface area contributed by atoms with Crippen molar-refractivity contribution >= 4 is 76.8 Å². The number of hydrogen-bond acceptors (Lipinski definition) is 22. The van der Waals surface area contributed by atoms with Crippen LogP contribution in [0.3, 0.4) is 0 Å². The first kappa shape index (κ1) is 117. The number of carbonyl (C=O) groups excluding carboxylic acids is 11. The molecule has 7 amide bonds. The highest BCUT2D eigenvalue weighted by atomic mass is 16.7. The van der Waals surface area contributed by atoms with E-state index in [1.54, 1.807) is 120 Å². The number of amides is 7. The lowest BCUT2D eigenvalue weighted by molar-refractivity contribution is -0.143. The molecule has 0 fully saturated rings. The predicted molar refractivity (Wildman–Crippen MR) is 572 cm³/mol. The number of carboxylic acids is 2. The number of carboxylic acid groups (broad SMARTS) is 2. The highest BCUT2D eigenvalue weighted by Gasteiger charge is 2.38. The van der Waals surface area contributed by atoms with Crippen LogP contribution in [-0.2, 0) is 73.5 Å². The molecule has 2 aliphatic heterocycles. The third-order valence-electron chi connectivity index (χ3n) is 24.8. The summed E-state index contributed by atoms with van der Waals surface area (Å²) in [6.07, 6.45) is 3.13. The summed E-state index contributed by atoms with van der Waals surface area (Å²) in [6.45, 7) is 28.9. The maximum Gasteiger partial charge on any atom is 0.407 e. The highest BCUT2D eigenvalue weighted by Crippen LogP contribution is 2.44. The van der Waals surface area contributed by atoms with Crippen molar-refractivity contribution in [3.63, 3.8) is 0 Å². The number of nitrogens with one attached hydrogen (secondary N) is 7. The zero-order chi connectivity index (χ0) is 109. The number of hydrogen-bond donors (Lipinski definition) is 10. The number of rotatable bonds is 52. The fourth-order valence-electron chi connectivity index (χ4n) is 16.8. The molecule has 0 bridgehead atoms. The Morgan fingerprint density at radius 1 is 0.367 bits per heavy atom. The molecule has 2 unspecified atom stereocenters. The Kier molecular flexibility index (Phi) is 43.3. The van der Waals surface area contributed by atoms with E-state index in [0.29, 0.717) is 69.6 Å². The topological polar surface area (TPSA) is 446 Å². The Hall–Kier alpha value is -14.8. The minimum absolute atomic E-state index is 0.0138. The molecule has 0 saturated heterocycles. The zero-order valence-corrected chi connectivity index (χ0v) is 89.1. The smallest absolute Gasteiger partial charge is 0.407 e. The van der Waals surface area contributed by atoms with E-state index in [1.165, 1.54) is 25.0 Å². The molecule has 0 aromatic heterocycles. The van der Waals surface area contributed by atoms with Gasteiger partial charge in [0.15, 0.2) is 57.6 Å². The molecule has 31 nitrogen and oxygen atoms in total. The molecule has 0 radical (unpaired) electrons. The Morgan fingerprint density at radius 3 is 1.19 bits per heavy atom. The van der Waals surface area contributed by atoms with Crippen molar-refractivity contribution in [2.45, 2.75) is 286 Å². The second kappa shape index (κ2) is 55.5. The third-order valence-corrected chi connectivity index (χ3v) is 24.8. The van der Waals surface area contributed by atoms with Crippen LogP contribution in [0.15, 0.2) is 212 Å². The summed E-state index contributed by atoms with van der Waals surface area (Å²) in [5.74, 6) is -8.55. The van der Waals surface area contributed by atoms with Crippen LogP contribution in [0.2, 0.25) is 0 Å². The standard InChI is InChI=1S/C61H89N5O13.C58H59N3O10/c1-15-16-20-40-24-26-41(27-25-40)42-28-30-43(31-29-42)48(67)38-44(32-35-63-56(74)78-60(9,10)11)53(70)65-46(33-36-64-57(75)79-61(12,13)14)49(68)37-39(2)52(69)66-47(55(72)73)22-17-18-34-62-54(71)45-21-19-23-50(76-58(3,4)5)51(45)77-59(6,7)8;1-3-4-11-37-16-20-40(21-17-37)41-22-24-42(25-23-41)48(62)35-45(28-29-59)55(65)60-46(31-38-18-26-50-52(33-38)70-57(68-50)43-12-7-5-8-13-43)49(63)30-36(2)54(64)61-47(56(66)67)32-39-19-27-51-53(34-39)71-58(69-51)44-14-9-6-10-15-44/h19,21,23-31,39,44,46-47H,15-18,20,22,32-38H2,1-14H3,(H,62,71)(H,63,74)(H,64,75)(H,65,70)(H,66,69)(H,72,73);5-10,12-27,33-34,36,45-47,57-58H,3-4,11,28-32,35,59H2,1-2H3,(H,60,65)(H,61,64)(H,66,67)/t39-,44-,46+,47+;36-,45-,46+,47+,57?,58?/m11/s1. The minimum Gasteiger partial charge on any atom is -0.484 e. The van der Waals surface area contributed by atoms with Crippen LogP contribution >= 0.6 is 0 Å². The lowest BCUT2D eigenvalue weighted by Gasteiger charge is -2.28. The summed E-state index contributed by atoms with van der Waals surface area (Å²) in [5.41, 5.74) is 13.5. The monoisotopic (exact) mass is 2060 g/mol. The molecule has 10 atom stereocenters. The minimum atomic E-state index is -1.33. The van der Waals surface area contributed by atoms with Gasteiger partial charge in [-0.1, -0.05) is 216 Å². The third kappa shape index (κ3) is 37.8. The van der Waals surface area contributed by atoms with Gasteiger partial charge < -0.3 is 91.1 Å². The van der Waals surface area contributed by atoms with Crippen LogP contribution in [0, 0.1) is 23.7 Å². The number of nitrogens with two attached hydrogens (primary N) is 1. The number of aliphatic carboxylic acids is 2. The number of unbranched alkanes of at least 4 members (excludes halogenated alkanes) is 3. The normalized spacial score (nSPS) is 14.6. The van der Waals surface area contributed by atoms with E-state index in [9.17, 15) is 72.5 Å². The van der Waals surface area contributed by atoms with Crippen molar-refractivity contribution in [2.24, 2.45) is 29.4 Å². The van der Waals surface area contributed by atoms with Crippen LogP contribution in [-0.4, -0.2) is 160 Å². The number of alkyl carbamates (subject to hydrolysis) is 2. The molecule has 9 aromatic rings. The summed E-state index contributed by atoms with van der Waals surface area (Å²) < 4.78 is 47.1. The van der Waals surface area contributed by atoms with E-state index in [2.05, 4.69) is 87.5 Å². The number of Topliss-reactive ketones (excluding diaryl/α,β-unsaturated/α-hetero) is 4. The largest absolute Gasteiger partial charge is 0.484 e. The van der Waals surface area contributed by atoms with E-state index in [0.717, 1.165) is 71.9 Å². The summed E-state index contributed by atoms with van der Waals surface area (Å²) in [4.78, 5) is 176. The zero-order valence-electron chi connectivity index (χ0n) is 89.1. The Bertz CT molecular complexity index is 6070. The van der Waals surface area contributed by atoms with Gasteiger partial charge in [-0.25, -0.2) is 19.2 Å². The molecular formula is C119H148N8O23. The summed E-state index contributed by atoms with van der Waals surface area (Å²) in [6, 6.07) is 60.2. The molecule has 0 spiro atoms. The number of fused-ring (bicyclic) bond motifs is 2. The SMILES string of the molecule is CCCCc1ccc(-c2ccc(C(=O)C[C@@H](CCN)C(=O)N[C@@H](Cc3ccc4c(c3)OC(c3ccccc3)O4)C(=O)C[C@@H](C)C(=O)N[C@@H](Cc3ccc4c(c3)OC(c3ccccc3)O4)C(=O)O)cc2)cc1.CCCCc1ccc(-c2ccc(C(=O)C[C@@H](CCNC(=O)OC(C)(C)C)C(=O)N[C@@H](CCNC(=O)OC(C)(C)C)C(=O)C[C@@H](C)C(=O)N[C@@H](CCCCNC(=O)c3cccc(OC(C)(C)C)c3OC(C)(C)C)C(=O)O)cc2)cc1. The van der Waals surface area contributed by atoms with Crippen molar-refractivity contribution < 1.29 is 110 Å². The molecule has 2 aliphatic rings. The first-order chi connectivity index (χ1) is 71.2. The van der Waals surface area contributed by atoms with Gasteiger partial charge in [-0.2, -0.15) is 0 Å². The summed E-state index contributed by atoms with van der Waals surface area (Å²) in [5, 5.41) is 39.2. The summed E-state index contributed by atoms with van der Waals surface area (Å²) >= 11 is 0. The number of aryl methyl sites for hydroxylation is 2. The molecule has 9 aromatic carbocycles. The number of carbonyl (C=O) groups is 13. The van der Waals surface area contributed by atoms with Crippen LogP contribution in [0.25, 0.3) is 22.3 Å². The maximum absolute atomic E-state index is 14.4. The van der Waals surface area contributed by atoms with E-state index < -0.39 is 154 Å². The first-order valence-electron chi connectivity index (χ1n) is 51.8. The van der Waals surface area contributed by atoms with Gasteiger partial charge >= 0.3 is 24.1 Å². The van der Waals surface area contributed by atoms with Crippen molar-refractivity contribution in [2.75, 3.05) is 26.2 Å².